The number of nitrogens with two attached hydrogens (primary N) is 1. The van der Waals surface area contributed by atoms with E-state index in [1.807, 2.05) is 6.92 Å². The summed E-state index contributed by atoms with van der Waals surface area (Å²) >= 11 is 0. The van der Waals surface area contributed by atoms with Crippen molar-refractivity contribution in [1.82, 2.24) is 0 Å². The lowest BCUT2D eigenvalue weighted by atomic mass is 10.0. The zero-order valence-corrected chi connectivity index (χ0v) is 11.5. The largest absolute Gasteiger partial charge is 0.481 e. The lowest BCUT2D eigenvalue weighted by Crippen LogP contribution is -2.31. The number of rotatable bonds is 5. The van der Waals surface area contributed by atoms with E-state index in [1.165, 1.54) is 30.3 Å². The molecule has 2 rings (SSSR count). The van der Waals surface area contributed by atoms with Crippen molar-refractivity contribution in [1.29, 1.82) is 0 Å². The Kier molecular flexibility index (Phi) is 4.85. The second kappa shape index (κ2) is 6.63. The van der Waals surface area contributed by atoms with E-state index in [1.54, 1.807) is 0 Å². The molecule has 0 aliphatic rings. The Bertz CT molecular complexity index is 601. The van der Waals surface area contributed by atoms with Gasteiger partial charge in [-0.2, -0.15) is 0 Å². The zero-order chi connectivity index (χ0) is 15.4. The van der Waals surface area contributed by atoms with Gasteiger partial charge >= 0.3 is 0 Å². The molecule has 5 heteroatoms. The van der Waals surface area contributed by atoms with Gasteiger partial charge in [0.15, 0.2) is 11.6 Å². The SMILES string of the molecule is CCC(N)C(Oc1ccc(F)cc1F)c1ccc(F)cc1. The van der Waals surface area contributed by atoms with Crippen LogP contribution >= 0.6 is 0 Å². The molecule has 0 amide bonds. The van der Waals surface area contributed by atoms with Crippen molar-refractivity contribution in [3.05, 3.63) is 65.5 Å². The van der Waals surface area contributed by atoms with Crippen LogP contribution in [0.15, 0.2) is 42.5 Å². The molecule has 2 aromatic carbocycles. The first-order valence-electron chi connectivity index (χ1n) is 6.64. The van der Waals surface area contributed by atoms with Crippen LogP contribution in [0, 0.1) is 17.5 Å². The summed E-state index contributed by atoms with van der Waals surface area (Å²) in [5.74, 6) is -1.95. The lowest BCUT2D eigenvalue weighted by Gasteiger charge is -2.25. The minimum absolute atomic E-state index is 0.0883. The maximum Gasteiger partial charge on any atom is 0.168 e. The summed E-state index contributed by atoms with van der Waals surface area (Å²) in [7, 11) is 0. The monoisotopic (exact) mass is 295 g/mol. The van der Waals surface area contributed by atoms with Gasteiger partial charge in [-0.15, -0.1) is 0 Å². The van der Waals surface area contributed by atoms with Crippen LogP contribution < -0.4 is 10.5 Å². The summed E-state index contributed by atoms with van der Waals surface area (Å²) in [6.07, 6.45) is -0.0548. The average molecular weight is 295 g/mol. The first-order chi connectivity index (χ1) is 10.0. The predicted octanol–water partition coefficient (Wildman–Crippen LogP) is 3.96. The van der Waals surface area contributed by atoms with E-state index >= 15 is 0 Å². The highest BCUT2D eigenvalue weighted by Crippen LogP contribution is 2.28. The van der Waals surface area contributed by atoms with Crippen molar-refractivity contribution >= 4 is 0 Å². The Morgan fingerprint density at radius 2 is 1.62 bits per heavy atom. The molecular formula is C16H16F3NO. The summed E-state index contributed by atoms with van der Waals surface area (Å²) in [4.78, 5) is 0. The Balaban J connectivity index is 2.30. The third-order valence-electron chi connectivity index (χ3n) is 3.21. The van der Waals surface area contributed by atoms with Crippen molar-refractivity contribution in [2.24, 2.45) is 5.73 Å². The van der Waals surface area contributed by atoms with Gasteiger partial charge in [0, 0.05) is 12.1 Å². The summed E-state index contributed by atoms with van der Waals surface area (Å²) < 4.78 is 45.2. The molecule has 0 saturated heterocycles. The van der Waals surface area contributed by atoms with Gasteiger partial charge in [0.05, 0.1) is 0 Å². The van der Waals surface area contributed by atoms with Gasteiger partial charge in [-0.1, -0.05) is 19.1 Å². The summed E-state index contributed by atoms with van der Waals surface area (Å²) in [5.41, 5.74) is 6.63. The van der Waals surface area contributed by atoms with Crippen LogP contribution in [0.25, 0.3) is 0 Å². The zero-order valence-electron chi connectivity index (χ0n) is 11.5. The Morgan fingerprint density at radius 1 is 1.00 bits per heavy atom. The molecular weight excluding hydrogens is 279 g/mol. The van der Waals surface area contributed by atoms with E-state index in [0.717, 1.165) is 12.1 Å². The summed E-state index contributed by atoms with van der Waals surface area (Å²) in [5, 5.41) is 0. The molecule has 0 saturated carbocycles. The van der Waals surface area contributed by atoms with Crippen LogP contribution in [0.2, 0.25) is 0 Å². The Hall–Kier alpha value is -2.01. The van der Waals surface area contributed by atoms with Crippen LogP contribution in [0.1, 0.15) is 25.0 Å². The second-order valence-corrected chi connectivity index (χ2v) is 4.74. The van der Waals surface area contributed by atoms with Gasteiger partial charge in [0.2, 0.25) is 0 Å². The molecule has 0 radical (unpaired) electrons. The molecule has 2 atom stereocenters. The van der Waals surface area contributed by atoms with Gasteiger partial charge in [-0.25, -0.2) is 13.2 Å². The summed E-state index contributed by atoms with van der Waals surface area (Å²) in [6, 6.07) is 8.31. The first-order valence-corrected chi connectivity index (χ1v) is 6.64. The maximum atomic E-state index is 13.7. The van der Waals surface area contributed by atoms with Gasteiger partial charge in [0.25, 0.3) is 0 Å². The minimum atomic E-state index is -0.801. The fourth-order valence-electron chi connectivity index (χ4n) is 1.98. The highest BCUT2D eigenvalue weighted by Gasteiger charge is 2.22. The summed E-state index contributed by atoms with van der Waals surface area (Å²) in [6.45, 7) is 1.87. The molecule has 21 heavy (non-hydrogen) atoms. The lowest BCUT2D eigenvalue weighted by molar-refractivity contribution is 0.163. The predicted molar refractivity (Wildman–Crippen MR) is 74.4 cm³/mol. The van der Waals surface area contributed by atoms with Crippen molar-refractivity contribution in [2.75, 3.05) is 0 Å². The number of ether oxygens (including phenoxy) is 1. The molecule has 0 bridgehead atoms. The van der Waals surface area contributed by atoms with E-state index in [-0.39, 0.29) is 11.6 Å². The fourth-order valence-corrected chi connectivity index (χ4v) is 1.98. The normalized spacial score (nSPS) is 13.8. The third-order valence-corrected chi connectivity index (χ3v) is 3.21. The number of benzene rings is 2. The van der Waals surface area contributed by atoms with Crippen LogP contribution in [-0.2, 0) is 0 Å². The van der Waals surface area contributed by atoms with Crippen molar-refractivity contribution < 1.29 is 17.9 Å². The highest BCUT2D eigenvalue weighted by molar-refractivity contribution is 5.27. The topological polar surface area (TPSA) is 35.2 Å². The maximum absolute atomic E-state index is 13.7. The van der Waals surface area contributed by atoms with Gasteiger partial charge in [-0.3, -0.25) is 0 Å². The van der Waals surface area contributed by atoms with Gasteiger partial charge in [-0.05, 0) is 36.2 Å². The molecule has 0 fully saturated rings. The van der Waals surface area contributed by atoms with E-state index in [9.17, 15) is 13.2 Å². The van der Waals surface area contributed by atoms with E-state index in [2.05, 4.69) is 0 Å². The number of halogens is 3. The van der Waals surface area contributed by atoms with Crippen molar-refractivity contribution in [2.45, 2.75) is 25.5 Å². The van der Waals surface area contributed by atoms with Crippen molar-refractivity contribution in [3.63, 3.8) is 0 Å². The first kappa shape index (κ1) is 15.4. The molecule has 2 nitrogen and oxygen atoms in total. The Morgan fingerprint density at radius 3 is 2.19 bits per heavy atom. The number of hydrogen-bond acceptors (Lipinski definition) is 2. The molecule has 0 aromatic heterocycles. The molecule has 112 valence electrons. The van der Waals surface area contributed by atoms with E-state index < -0.39 is 23.8 Å². The third kappa shape index (κ3) is 3.76. The van der Waals surface area contributed by atoms with Crippen LogP contribution in [0.3, 0.4) is 0 Å². The standard InChI is InChI=1S/C16H16F3NO/c1-2-14(20)16(10-3-5-11(17)6-4-10)21-15-8-7-12(18)9-13(15)19/h3-9,14,16H,2,20H2,1H3. The molecule has 0 aliphatic carbocycles. The molecule has 0 heterocycles. The van der Waals surface area contributed by atoms with E-state index in [0.29, 0.717) is 12.0 Å². The number of hydrogen-bond donors (Lipinski definition) is 1. The molecule has 2 unspecified atom stereocenters. The van der Waals surface area contributed by atoms with Crippen molar-refractivity contribution in [3.8, 4) is 5.75 Å². The highest BCUT2D eigenvalue weighted by atomic mass is 19.1. The second-order valence-electron chi connectivity index (χ2n) is 4.74. The molecule has 2 aromatic rings. The van der Waals surface area contributed by atoms with Crippen LogP contribution in [-0.4, -0.2) is 6.04 Å². The van der Waals surface area contributed by atoms with Gasteiger partial charge in [0.1, 0.15) is 17.7 Å². The van der Waals surface area contributed by atoms with Crippen LogP contribution in [0.5, 0.6) is 5.75 Å². The smallest absolute Gasteiger partial charge is 0.168 e. The molecule has 0 spiro atoms. The molecule has 0 aliphatic heterocycles. The van der Waals surface area contributed by atoms with E-state index in [4.69, 9.17) is 10.5 Å². The average Bonchev–Trinajstić information content (AvgIpc) is 2.47. The van der Waals surface area contributed by atoms with Gasteiger partial charge < -0.3 is 10.5 Å². The Labute approximate surface area is 121 Å². The minimum Gasteiger partial charge on any atom is -0.481 e. The quantitative estimate of drug-likeness (QED) is 0.906. The fraction of sp³-hybridized carbons (Fsp3) is 0.250. The van der Waals surface area contributed by atoms with Crippen LogP contribution in [0.4, 0.5) is 13.2 Å². The molecule has 2 N–H and O–H groups in total.